The molecular formula is C21H20ClFN2O4. The first kappa shape index (κ1) is 20.8. The van der Waals surface area contributed by atoms with E-state index < -0.39 is 29.7 Å². The summed E-state index contributed by atoms with van der Waals surface area (Å²) in [4.78, 5) is 38.3. The van der Waals surface area contributed by atoms with E-state index in [9.17, 15) is 18.8 Å². The van der Waals surface area contributed by atoms with Gasteiger partial charge in [-0.25, -0.2) is 4.39 Å². The number of carbonyl (C=O) groups excluding carboxylic acids is 3. The van der Waals surface area contributed by atoms with Gasteiger partial charge in [0.15, 0.2) is 6.10 Å². The van der Waals surface area contributed by atoms with Crippen LogP contribution in [-0.2, 0) is 19.1 Å². The highest BCUT2D eigenvalue weighted by atomic mass is 35.5. The Bertz CT molecular complexity index is 965. The number of hydrogen-bond acceptors (Lipinski definition) is 4. The lowest BCUT2D eigenvalue weighted by molar-refractivity contribution is -0.157. The van der Waals surface area contributed by atoms with E-state index in [0.717, 1.165) is 0 Å². The molecule has 6 nitrogen and oxygen atoms in total. The average molecular weight is 419 g/mol. The number of anilines is 2. The van der Waals surface area contributed by atoms with Gasteiger partial charge in [-0.15, -0.1) is 0 Å². The van der Waals surface area contributed by atoms with Crippen LogP contribution < -0.4 is 10.2 Å². The molecule has 8 heteroatoms. The summed E-state index contributed by atoms with van der Waals surface area (Å²) in [5.41, 5.74) is 1.34. The van der Waals surface area contributed by atoms with Gasteiger partial charge in [0.25, 0.3) is 5.91 Å². The zero-order valence-electron chi connectivity index (χ0n) is 15.9. The molecule has 0 aliphatic carbocycles. The molecule has 1 fully saturated rings. The number of nitrogens with one attached hydrogen (secondary N) is 1. The van der Waals surface area contributed by atoms with Crippen molar-refractivity contribution in [2.75, 3.05) is 16.8 Å². The Hall–Kier alpha value is -2.93. The van der Waals surface area contributed by atoms with Crippen LogP contribution in [0.4, 0.5) is 15.8 Å². The molecule has 1 N–H and O–H groups in total. The number of nitrogens with zero attached hydrogens (tertiary/aromatic N) is 1. The van der Waals surface area contributed by atoms with Gasteiger partial charge in [0.05, 0.1) is 11.6 Å². The number of esters is 1. The van der Waals surface area contributed by atoms with E-state index in [1.165, 1.54) is 30.0 Å². The van der Waals surface area contributed by atoms with Crippen LogP contribution >= 0.6 is 11.6 Å². The SMILES string of the molecule is Cc1c(Cl)cccc1NC(=O)[C@H](C)OC(=O)[C@@H]1CC(=O)N(c2ccccc2F)C1. The first-order valence-electron chi connectivity index (χ1n) is 9.09. The maximum Gasteiger partial charge on any atom is 0.312 e. The van der Waals surface area contributed by atoms with Gasteiger partial charge in [-0.05, 0) is 43.7 Å². The Morgan fingerprint density at radius 1 is 1.24 bits per heavy atom. The van der Waals surface area contributed by atoms with E-state index in [2.05, 4.69) is 5.32 Å². The first-order valence-corrected chi connectivity index (χ1v) is 9.47. The summed E-state index contributed by atoms with van der Waals surface area (Å²) >= 11 is 6.04. The van der Waals surface area contributed by atoms with Crippen LogP contribution in [0.25, 0.3) is 0 Å². The largest absolute Gasteiger partial charge is 0.452 e. The molecule has 0 bridgehead atoms. The molecular weight excluding hydrogens is 399 g/mol. The number of rotatable bonds is 5. The topological polar surface area (TPSA) is 75.7 Å². The molecule has 1 aliphatic heterocycles. The van der Waals surface area contributed by atoms with Gasteiger partial charge < -0.3 is 15.0 Å². The maximum absolute atomic E-state index is 14.0. The third-order valence-electron chi connectivity index (χ3n) is 4.79. The van der Waals surface area contributed by atoms with Crippen molar-refractivity contribution < 1.29 is 23.5 Å². The summed E-state index contributed by atoms with van der Waals surface area (Å²) < 4.78 is 19.2. The molecule has 1 heterocycles. The van der Waals surface area contributed by atoms with Crippen molar-refractivity contribution in [2.45, 2.75) is 26.4 Å². The fraction of sp³-hybridized carbons (Fsp3) is 0.286. The van der Waals surface area contributed by atoms with E-state index >= 15 is 0 Å². The molecule has 2 atom stereocenters. The van der Waals surface area contributed by atoms with Crippen LogP contribution in [0.3, 0.4) is 0 Å². The van der Waals surface area contributed by atoms with Crippen LogP contribution in [0.5, 0.6) is 0 Å². The minimum Gasteiger partial charge on any atom is -0.452 e. The number of para-hydroxylation sites is 1. The molecule has 29 heavy (non-hydrogen) atoms. The highest BCUT2D eigenvalue weighted by molar-refractivity contribution is 6.31. The third kappa shape index (κ3) is 4.56. The van der Waals surface area contributed by atoms with Crippen molar-refractivity contribution in [3.8, 4) is 0 Å². The standard InChI is InChI=1S/C21H20ClFN2O4/c1-12-15(22)6-5-8-17(12)24-20(27)13(2)29-21(28)14-10-19(26)25(11-14)18-9-4-3-7-16(18)23/h3-9,13-14H,10-11H2,1-2H3,(H,24,27)/t13-,14+/m0/s1. The summed E-state index contributed by atoms with van der Waals surface area (Å²) in [6.45, 7) is 3.20. The molecule has 0 radical (unpaired) electrons. The Labute approximate surface area is 172 Å². The predicted molar refractivity (Wildman–Crippen MR) is 107 cm³/mol. The van der Waals surface area contributed by atoms with Gasteiger partial charge in [0, 0.05) is 23.7 Å². The van der Waals surface area contributed by atoms with Crippen molar-refractivity contribution in [3.05, 3.63) is 58.9 Å². The van der Waals surface area contributed by atoms with E-state index in [1.807, 2.05) is 0 Å². The smallest absolute Gasteiger partial charge is 0.312 e. The van der Waals surface area contributed by atoms with Crippen molar-refractivity contribution in [3.63, 3.8) is 0 Å². The van der Waals surface area contributed by atoms with Crippen molar-refractivity contribution >= 4 is 40.8 Å². The summed E-state index contributed by atoms with van der Waals surface area (Å²) in [5, 5.41) is 3.17. The van der Waals surface area contributed by atoms with Crippen molar-refractivity contribution in [2.24, 2.45) is 5.92 Å². The summed E-state index contributed by atoms with van der Waals surface area (Å²) in [6, 6.07) is 10.9. The maximum atomic E-state index is 14.0. The van der Waals surface area contributed by atoms with Crippen LogP contribution in [0, 0.1) is 18.7 Å². The summed E-state index contributed by atoms with van der Waals surface area (Å²) in [5.74, 6) is -2.88. The summed E-state index contributed by atoms with van der Waals surface area (Å²) in [7, 11) is 0. The van der Waals surface area contributed by atoms with Crippen molar-refractivity contribution in [1.29, 1.82) is 0 Å². The van der Waals surface area contributed by atoms with Crippen LogP contribution in [-0.4, -0.2) is 30.4 Å². The van der Waals surface area contributed by atoms with Crippen molar-refractivity contribution in [1.82, 2.24) is 0 Å². The Balaban J connectivity index is 1.61. The minimum atomic E-state index is -1.07. The highest BCUT2D eigenvalue weighted by Crippen LogP contribution is 2.28. The van der Waals surface area contributed by atoms with E-state index in [-0.39, 0.29) is 24.6 Å². The van der Waals surface area contributed by atoms with Gasteiger partial charge in [-0.1, -0.05) is 29.8 Å². The molecule has 0 saturated carbocycles. The second kappa shape index (κ2) is 8.61. The van der Waals surface area contributed by atoms with Gasteiger partial charge in [-0.2, -0.15) is 0 Å². The highest BCUT2D eigenvalue weighted by Gasteiger charge is 2.38. The van der Waals surface area contributed by atoms with Gasteiger partial charge in [0.2, 0.25) is 5.91 Å². The third-order valence-corrected chi connectivity index (χ3v) is 5.20. The number of benzene rings is 2. The molecule has 1 saturated heterocycles. The molecule has 2 aromatic carbocycles. The molecule has 3 rings (SSSR count). The van der Waals surface area contributed by atoms with Crippen LogP contribution in [0.1, 0.15) is 18.9 Å². The molecule has 1 aliphatic rings. The van der Waals surface area contributed by atoms with Gasteiger partial charge in [0.1, 0.15) is 5.82 Å². The Morgan fingerprint density at radius 3 is 2.69 bits per heavy atom. The second-order valence-electron chi connectivity index (χ2n) is 6.84. The second-order valence-corrected chi connectivity index (χ2v) is 7.24. The number of ether oxygens (including phenoxy) is 1. The minimum absolute atomic E-state index is 0.000338. The van der Waals surface area contributed by atoms with E-state index in [0.29, 0.717) is 16.3 Å². The fourth-order valence-corrected chi connectivity index (χ4v) is 3.24. The zero-order valence-corrected chi connectivity index (χ0v) is 16.7. The molecule has 0 spiro atoms. The lowest BCUT2D eigenvalue weighted by atomic mass is 10.1. The lowest BCUT2D eigenvalue weighted by Crippen LogP contribution is -2.33. The monoisotopic (exact) mass is 418 g/mol. The number of halogens is 2. The van der Waals surface area contributed by atoms with Crippen LogP contribution in [0.2, 0.25) is 5.02 Å². The number of hydrogen-bond donors (Lipinski definition) is 1. The first-order chi connectivity index (χ1) is 13.8. The molecule has 0 aromatic heterocycles. The average Bonchev–Trinajstić information content (AvgIpc) is 3.07. The Kier molecular flexibility index (Phi) is 6.17. The molecule has 152 valence electrons. The summed E-state index contributed by atoms with van der Waals surface area (Å²) in [6.07, 6.45) is -1.17. The number of carbonyl (C=O) groups is 3. The zero-order chi connectivity index (χ0) is 21.1. The number of amides is 2. The predicted octanol–water partition coefficient (Wildman–Crippen LogP) is 3.71. The fourth-order valence-electron chi connectivity index (χ4n) is 3.07. The van der Waals surface area contributed by atoms with Gasteiger partial charge >= 0.3 is 5.97 Å². The molecule has 2 amide bonds. The van der Waals surface area contributed by atoms with E-state index in [4.69, 9.17) is 16.3 Å². The quantitative estimate of drug-likeness (QED) is 0.751. The molecule has 0 unspecified atom stereocenters. The van der Waals surface area contributed by atoms with Crippen LogP contribution in [0.15, 0.2) is 42.5 Å². The normalized spacial score (nSPS) is 17.2. The molecule has 2 aromatic rings. The Morgan fingerprint density at radius 2 is 1.97 bits per heavy atom. The lowest BCUT2D eigenvalue weighted by Gasteiger charge is -2.18. The van der Waals surface area contributed by atoms with Gasteiger partial charge in [-0.3, -0.25) is 14.4 Å². The van der Waals surface area contributed by atoms with E-state index in [1.54, 1.807) is 31.2 Å².